The smallest absolute Gasteiger partial charge is 0.123 e. The van der Waals surface area contributed by atoms with E-state index in [-0.39, 0.29) is 11.7 Å². The Bertz CT molecular complexity index is 1310. The summed E-state index contributed by atoms with van der Waals surface area (Å²) in [5, 5.41) is 12.8. The standard InChI is InChI=1S/C35H39FN2O2/c1-2-3-26-40-33-20-14-30(15-21-33)35(39,29-12-8-5-9-13-29)34(28-10-6-4-7-11-28)27-37-22-24-38(25-23-37)32-18-16-31(36)17-19-32/h4-21,34,39H,2-3,22-27H2,1H3. The Morgan fingerprint density at radius 3 is 2.00 bits per heavy atom. The predicted octanol–water partition coefficient (Wildman–Crippen LogP) is 6.85. The molecule has 0 radical (unpaired) electrons. The van der Waals surface area contributed by atoms with Crippen molar-refractivity contribution in [3.8, 4) is 5.75 Å². The van der Waals surface area contributed by atoms with E-state index in [0.717, 1.165) is 67.1 Å². The molecule has 0 spiro atoms. The van der Waals surface area contributed by atoms with E-state index in [1.165, 1.54) is 12.1 Å². The maximum Gasteiger partial charge on any atom is 0.123 e. The molecule has 1 saturated heterocycles. The molecule has 4 aromatic carbocycles. The largest absolute Gasteiger partial charge is 0.494 e. The molecule has 5 rings (SSSR count). The van der Waals surface area contributed by atoms with E-state index in [1.54, 1.807) is 0 Å². The van der Waals surface area contributed by atoms with E-state index in [0.29, 0.717) is 13.2 Å². The molecule has 40 heavy (non-hydrogen) atoms. The van der Waals surface area contributed by atoms with E-state index in [4.69, 9.17) is 4.74 Å². The fourth-order valence-corrected chi connectivity index (χ4v) is 5.66. The summed E-state index contributed by atoms with van der Waals surface area (Å²) in [5.41, 5.74) is 2.60. The minimum Gasteiger partial charge on any atom is -0.494 e. The number of hydrogen-bond donors (Lipinski definition) is 1. The lowest BCUT2D eigenvalue weighted by Crippen LogP contribution is -2.50. The zero-order valence-corrected chi connectivity index (χ0v) is 23.3. The number of ether oxygens (including phenoxy) is 1. The first-order valence-electron chi connectivity index (χ1n) is 14.4. The van der Waals surface area contributed by atoms with Crippen LogP contribution in [0.15, 0.2) is 109 Å². The van der Waals surface area contributed by atoms with Crippen LogP contribution in [0.5, 0.6) is 5.75 Å². The zero-order chi connectivity index (χ0) is 27.8. The van der Waals surface area contributed by atoms with Gasteiger partial charge in [-0.05, 0) is 59.5 Å². The van der Waals surface area contributed by atoms with Crippen LogP contribution in [0.2, 0.25) is 0 Å². The van der Waals surface area contributed by atoms with Crippen LogP contribution < -0.4 is 9.64 Å². The molecule has 1 aliphatic rings. The van der Waals surface area contributed by atoms with Crippen molar-refractivity contribution in [1.29, 1.82) is 0 Å². The first kappa shape index (κ1) is 27.9. The molecule has 1 fully saturated rings. The Kier molecular flexibility index (Phi) is 9.15. The number of halogens is 1. The summed E-state index contributed by atoms with van der Waals surface area (Å²) in [6.45, 7) is 6.95. The molecule has 0 saturated carbocycles. The van der Waals surface area contributed by atoms with Gasteiger partial charge in [0, 0.05) is 44.3 Å². The Morgan fingerprint density at radius 1 is 0.775 bits per heavy atom. The second-order valence-electron chi connectivity index (χ2n) is 10.6. The van der Waals surface area contributed by atoms with Gasteiger partial charge in [0.15, 0.2) is 0 Å². The average Bonchev–Trinajstić information content (AvgIpc) is 3.01. The molecule has 2 atom stereocenters. The molecular formula is C35H39FN2O2. The van der Waals surface area contributed by atoms with Crippen molar-refractivity contribution in [3.05, 3.63) is 132 Å². The van der Waals surface area contributed by atoms with Crippen LogP contribution in [-0.2, 0) is 5.60 Å². The van der Waals surface area contributed by atoms with E-state index in [9.17, 15) is 9.50 Å². The normalized spacial score (nSPS) is 16.3. The quantitative estimate of drug-likeness (QED) is 0.212. The molecule has 2 unspecified atom stereocenters. The summed E-state index contributed by atoms with van der Waals surface area (Å²) in [5.74, 6) is 0.398. The minimum atomic E-state index is -1.25. The SMILES string of the molecule is CCCCOc1ccc(C(O)(c2ccccc2)C(CN2CCN(c3ccc(F)cc3)CC2)c2ccccc2)cc1. The molecule has 0 amide bonds. The maximum atomic E-state index is 13.4. The summed E-state index contributed by atoms with van der Waals surface area (Å²) in [4.78, 5) is 4.74. The summed E-state index contributed by atoms with van der Waals surface area (Å²) in [7, 11) is 0. The molecule has 4 aromatic rings. The number of nitrogens with zero attached hydrogens (tertiary/aromatic N) is 2. The van der Waals surface area contributed by atoms with Crippen molar-refractivity contribution in [1.82, 2.24) is 4.90 Å². The van der Waals surface area contributed by atoms with Gasteiger partial charge in [0.25, 0.3) is 0 Å². The Hall–Kier alpha value is -3.67. The number of rotatable bonds is 11. The highest BCUT2D eigenvalue weighted by molar-refractivity contribution is 5.47. The van der Waals surface area contributed by atoms with Crippen LogP contribution >= 0.6 is 0 Å². The zero-order valence-electron chi connectivity index (χ0n) is 23.3. The molecule has 0 aromatic heterocycles. The fourth-order valence-electron chi connectivity index (χ4n) is 5.66. The number of hydrogen-bond acceptors (Lipinski definition) is 4. The number of piperazine rings is 1. The Morgan fingerprint density at radius 2 is 1.38 bits per heavy atom. The van der Waals surface area contributed by atoms with Crippen molar-refractivity contribution >= 4 is 5.69 Å². The second-order valence-corrected chi connectivity index (χ2v) is 10.6. The van der Waals surface area contributed by atoms with Gasteiger partial charge in [0.1, 0.15) is 17.2 Å². The number of benzene rings is 4. The third-order valence-corrected chi connectivity index (χ3v) is 7.99. The number of anilines is 1. The van der Waals surface area contributed by atoms with Crippen molar-refractivity contribution in [2.24, 2.45) is 0 Å². The third kappa shape index (κ3) is 6.38. The molecule has 1 N–H and O–H groups in total. The third-order valence-electron chi connectivity index (χ3n) is 7.99. The highest BCUT2D eigenvalue weighted by atomic mass is 19.1. The van der Waals surface area contributed by atoms with Gasteiger partial charge in [0.2, 0.25) is 0 Å². The van der Waals surface area contributed by atoms with Crippen LogP contribution in [0.25, 0.3) is 0 Å². The van der Waals surface area contributed by atoms with Crippen molar-refractivity contribution in [2.75, 3.05) is 44.2 Å². The molecule has 0 bridgehead atoms. The fraction of sp³-hybridized carbons (Fsp3) is 0.314. The maximum absolute atomic E-state index is 13.4. The number of unbranched alkanes of at least 4 members (excludes halogenated alkanes) is 1. The molecule has 0 aliphatic carbocycles. The topological polar surface area (TPSA) is 35.9 Å². The lowest BCUT2D eigenvalue weighted by Gasteiger charge is -2.43. The van der Waals surface area contributed by atoms with Crippen molar-refractivity contribution in [3.63, 3.8) is 0 Å². The minimum absolute atomic E-state index is 0.208. The average molecular weight is 539 g/mol. The Labute approximate surface area is 237 Å². The highest BCUT2D eigenvalue weighted by Crippen LogP contribution is 2.43. The molecule has 4 nitrogen and oxygen atoms in total. The van der Waals surface area contributed by atoms with Crippen LogP contribution in [0.3, 0.4) is 0 Å². The van der Waals surface area contributed by atoms with Crippen LogP contribution in [-0.4, -0.2) is 49.3 Å². The second kappa shape index (κ2) is 13.1. The molecule has 208 valence electrons. The molecular weight excluding hydrogens is 499 g/mol. The van der Waals surface area contributed by atoms with E-state index in [1.807, 2.05) is 84.9 Å². The van der Waals surface area contributed by atoms with Crippen LogP contribution in [0.1, 0.15) is 42.4 Å². The van der Waals surface area contributed by atoms with Gasteiger partial charge in [-0.2, -0.15) is 0 Å². The van der Waals surface area contributed by atoms with Crippen molar-refractivity contribution < 1.29 is 14.2 Å². The lowest BCUT2D eigenvalue weighted by atomic mass is 9.72. The van der Waals surface area contributed by atoms with Crippen molar-refractivity contribution in [2.45, 2.75) is 31.3 Å². The summed E-state index contributed by atoms with van der Waals surface area (Å²) >= 11 is 0. The van der Waals surface area contributed by atoms with E-state index < -0.39 is 5.60 Å². The first-order valence-corrected chi connectivity index (χ1v) is 14.4. The predicted molar refractivity (Wildman–Crippen MR) is 161 cm³/mol. The van der Waals surface area contributed by atoms with E-state index >= 15 is 0 Å². The first-order chi connectivity index (χ1) is 19.6. The highest BCUT2D eigenvalue weighted by Gasteiger charge is 2.42. The van der Waals surface area contributed by atoms with Crippen LogP contribution in [0.4, 0.5) is 10.1 Å². The van der Waals surface area contributed by atoms with Gasteiger partial charge < -0.3 is 14.7 Å². The van der Waals surface area contributed by atoms with Gasteiger partial charge in [-0.3, -0.25) is 4.90 Å². The van der Waals surface area contributed by atoms with Gasteiger partial charge in [-0.1, -0.05) is 86.1 Å². The monoisotopic (exact) mass is 538 g/mol. The lowest BCUT2D eigenvalue weighted by molar-refractivity contribution is 0.0328. The van der Waals surface area contributed by atoms with Gasteiger partial charge in [0.05, 0.1) is 6.61 Å². The van der Waals surface area contributed by atoms with Gasteiger partial charge >= 0.3 is 0 Å². The van der Waals surface area contributed by atoms with Crippen LogP contribution in [0, 0.1) is 5.82 Å². The molecule has 1 heterocycles. The number of aliphatic hydroxyl groups is 1. The summed E-state index contributed by atoms with van der Waals surface area (Å²) < 4.78 is 19.4. The molecule has 1 aliphatic heterocycles. The summed E-state index contributed by atoms with van der Waals surface area (Å²) in [6, 6.07) is 35.1. The van der Waals surface area contributed by atoms with Gasteiger partial charge in [-0.15, -0.1) is 0 Å². The van der Waals surface area contributed by atoms with Gasteiger partial charge in [-0.25, -0.2) is 4.39 Å². The summed E-state index contributed by atoms with van der Waals surface area (Å²) in [6.07, 6.45) is 2.10. The Balaban J connectivity index is 1.44. The van der Waals surface area contributed by atoms with E-state index in [2.05, 4.69) is 28.9 Å². The molecule has 5 heteroatoms.